The maximum atomic E-state index is 7.69. The molecular weight excluding hydrogens is 310 g/mol. The van der Waals surface area contributed by atoms with E-state index in [1.165, 1.54) is 5.56 Å². The van der Waals surface area contributed by atoms with Crippen molar-refractivity contribution in [2.24, 2.45) is 11.5 Å². The van der Waals surface area contributed by atoms with Gasteiger partial charge in [0.2, 0.25) is 0 Å². The minimum Gasteiger partial charge on any atom is -0.402 e. The van der Waals surface area contributed by atoms with Crippen molar-refractivity contribution in [3.63, 3.8) is 0 Å². The number of amidine groups is 1. The maximum Gasteiger partial charge on any atom is 0.120 e. The minimum atomic E-state index is 0.0120. The highest BCUT2D eigenvalue weighted by Crippen LogP contribution is 2.28. The summed E-state index contributed by atoms with van der Waals surface area (Å²) in [6.45, 7) is 11.9. The molecule has 25 heavy (non-hydrogen) atoms. The first-order valence-corrected chi connectivity index (χ1v) is 8.60. The second kappa shape index (κ2) is 8.42. The molecule has 134 valence electrons. The summed E-state index contributed by atoms with van der Waals surface area (Å²) in [4.78, 5) is 2.26. The van der Waals surface area contributed by atoms with Gasteiger partial charge in [-0.05, 0) is 25.3 Å². The number of nitrogens with one attached hydrogen (secondary N) is 2. The molecule has 1 fully saturated rings. The lowest BCUT2D eigenvalue weighted by atomic mass is 10.1. The Hall–Kier alpha value is -2.69. The molecule has 0 aliphatic carbocycles. The third kappa shape index (κ3) is 4.89. The van der Waals surface area contributed by atoms with E-state index in [1.54, 1.807) is 6.92 Å². The molecule has 2 rings (SSSR count). The molecule has 0 aromatic heterocycles. The Morgan fingerprint density at radius 2 is 1.96 bits per heavy atom. The van der Waals surface area contributed by atoms with Gasteiger partial charge in [-0.2, -0.15) is 0 Å². The van der Waals surface area contributed by atoms with E-state index in [0.29, 0.717) is 17.7 Å². The topological polar surface area (TPSA) is 91.2 Å². The van der Waals surface area contributed by atoms with Crippen LogP contribution in [-0.2, 0) is 6.54 Å². The zero-order chi connectivity index (χ0) is 18.4. The number of hydrogen-bond acceptors (Lipinski definition) is 4. The number of benzene rings is 1. The normalized spacial score (nSPS) is 17.8. The van der Waals surface area contributed by atoms with Gasteiger partial charge in [-0.15, -0.1) is 0 Å². The van der Waals surface area contributed by atoms with Crippen molar-refractivity contribution in [3.05, 3.63) is 71.7 Å². The van der Waals surface area contributed by atoms with Crippen molar-refractivity contribution in [2.75, 3.05) is 6.54 Å². The number of nitrogens with two attached hydrogens (primary N) is 2. The Morgan fingerprint density at radius 1 is 1.28 bits per heavy atom. The number of hydrogen-bond donors (Lipinski definition) is 4. The van der Waals surface area contributed by atoms with Crippen LogP contribution in [0.15, 0.2) is 66.2 Å². The fraction of sp³-hybridized carbons (Fsp3) is 0.350. The van der Waals surface area contributed by atoms with Crippen LogP contribution in [0, 0.1) is 5.41 Å². The Kier molecular flexibility index (Phi) is 6.28. The SMILES string of the molecule is C=C(NCc1ccccc1)C1CCCN1C(=C)C/C(C(=N)N)=C(\C)N. The molecule has 0 spiro atoms. The quantitative estimate of drug-likeness (QED) is 0.433. The van der Waals surface area contributed by atoms with Gasteiger partial charge in [0.25, 0.3) is 0 Å². The van der Waals surface area contributed by atoms with Crippen LogP contribution < -0.4 is 16.8 Å². The van der Waals surface area contributed by atoms with Crippen molar-refractivity contribution < 1.29 is 0 Å². The summed E-state index contributed by atoms with van der Waals surface area (Å²) < 4.78 is 0. The van der Waals surface area contributed by atoms with Crippen molar-refractivity contribution in [2.45, 2.75) is 38.8 Å². The molecule has 6 N–H and O–H groups in total. The minimum absolute atomic E-state index is 0.0120. The second-order valence-electron chi connectivity index (χ2n) is 6.53. The largest absolute Gasteiger partial charge is 0.402 e. The third-order valence-electron chi connectivity index (χ3n) is 4.61. The molecule has 0 radical (unpaired) electrons. The Bertz CT molecular complexity index is 671. The standard InChI is InChI=1S/C20H29N5/c1-14(12-18(15(2)21)20(22)23)25-11-7-10-19(25)16(3)24-13-17-8-5-4-6-9-17/h4-6,8-9,19,24H,1,3,7,10-13,21H2,2H3,(H3,22,23)/b18-15-. The van der Waals surface area contributed by atoms with E-state index in [9.17, 15) is 0 Å². The molecule has 5 heteroatoms. The number of nitrogens with zero attached hydrogens (tertiary/aromatic N) is 1. The summed E-state index contributed by atoms with van der Waals surface area (Å²) in [5, 5.41) is 11.1. The number of likely N-dealkylation sites (tertiary alicyclic amines) is 1. The monoisotopic (exact) mass is 339 g/mol. The summed E-state index contributed by atoms with van der Waals surface area (Å²) >= 11 is 0. The second-order valence-corrected chi connectivity index (χ2v) is 6.53. The van der Waals surface area contributed by atoms with Crippen molar-refractivity contribution in [3.8, 4) is 0 Å². The van der Waals surface area contributed by atoms with E-state index in [4.69, 9.17) is 16.9 Å². The third-order valence-corrected chi connectivity index (χ3v) is 4.61. The summed E-state index contributed by atoms with van der Waals surface area (Å²) in [7, 11) is 0. The number of allylic oxidation sites excluding steroid dienone is 2. The van der Waals surface area contributed by atoms with Gasteiger partial charge < -0.3 is 21.7 Å². The van der Waals surface area contributed by atoms with Gasteiger partial charge in [-0.25, -0.2) is 0 Å². The maximum absolute atomic E-state index is 7.69. The molecule has 1 saturated heterocycles. The smallest absolute Gasteiger partial charge is 0.120 e. The predicted octanol–water partition coefficient (Wildman–Crippen LogP) is 2.83. The zero-order valence-electron chi connectivity index (χ0n) is 15.0. The first-order chi connectivity index (χ1) is 11.9. The zero-order valence-corrected chi connectivity index (χ0v) is 15.0. The van der Waals surface area contributed by atoms with Crippen LogP contribution in [0.2, 0.25) is 0 Å². The molecule has 0 saturated carbocycles. The first-order valence-electron chi connectivity index (χ1n) is 8.60. The first kappa shape index (κ1) is 18.6. The lowest BCUT2D eigenvalue weighted by Gasteiger charge is -2.31. The molecule has 0 bridgehead atoms. The van der Waals surface area contributed by atoms with Crippen molar-refractivity contribution in [1.82, 2.24) is 10.2 Å². The summed E-state index contributed by atoms with van der Waals surface area (Å²) in [5.74, 6) is 0.0120. The molecule has 1 unspecified atom stereocenters. The molecule has 1 aromatic rings. The van der Waals surface area contributed by atoms with Gasteiger partial charge >= 0.3 is 0 Å². The van der Waals surface area contributed by atoms with Gasteiger partial charge in [0.05, 0.1) is 6.04 Å². The molecular formula is C20H29N5. The van der Waals surface area contributed by atoms with Gasteiger partial charge in [-0.3, -0.25) is 5.41 Å². The fourth-order valence-corrected chi connectivity index (χ4v) is 3.19. The van der Waals surface area contributed by atoms with E-state index >= 15 is 0 Å². The molecule has 1 atom stereocenters. The van der Waals surface area contributed by atoms with Crippen LogP contribution in [0.25, 0.3) is 0 Å². The highest BCUT2D eigenvalue weighted by atomic mass is 15.2. The molecule has 1 aromatic carbocycles. The van der Waals surface area contributed by atoms with Crippen molar-refractivity contribution in [1.29, 1.82) is 5.41 Å². The average Bonchev–Trinajstić information content (AvgIpc) is 3.07. The highest BCUT2D eigenvalue weighted by molar-refractivity contribution is 5.95. The lowest BCUT2D eigenvalue weighted by Crippen LogP contribution is -2.35. The van der Waals surface area contributed by atoms with E-state index in [0.717, 1.165) is 37.3 Å². The highest BCUT2D eigenvalue weighted by Gasteiger charge is 2.28. The Morgan fingerprint density at radius 3 is 2.56 bits per heavy atom. The van der Waals surface area contributed by atoms with E-state index in [2.05, 4.69) is 35.5 Å². The van der Waals surface area contributed by atoms with Crippen LogP contribution in [0.4, 0.5) is 0 Å². The van der Waals surface area contributed by atoms with Crippen LogP contribution in [-0.4, -0.2) is 23.3 Å². The van der Waals surface area contributed by atoms with Gasteiger partial charge in [-0.1, -0.05) is 43.5 Å². The summed E-state index contributed by atoms with van der Waals surface area (Å²) in [6, 6.07) is 10.5. The molecule has 0 amide bonds. The van der Waals surface area contributed by atoms with Crippen molar-refractivity contribution >= 4 is 5.84 Å². The Labute approximate surface area is 150 Å². The Balaban J connectivity index is 1.99. The van der Waals surface area contributed by atoms with Crippen LogP contribution in [0.5, 0.6) is 0 Å². The average molecular weight is 339 g/mol. The van der Waals surface area contributed by atoms with Gasteiger partial charge in [0.15, 0.2) is 0 Å². The molecule has 1 heterocycles. The van der Waals surface area contributed by atoms with Gasteiger partial charge in [0, 0.05) is 42.2 Å². The molecule has 1 aliphatic heterocycles. The van der Waals surface area contributed by atoms with Crippen LogP contribution in [0.1, 0.15) is 31.7 Å². The summed E-state index contributed by atoms with van der Waals surface area (Å²) in [5.41, 5.74) is 15.9. The fourth-order valence-electron chi connectivity index (χ4n) is 3.19. The van der Waals surface area contributed by atoms with Crippen LogP contribution >= 0.6 is 0 Å². The van der Waals surface area contributed by atoms with Gasteiger partial charge in [0.1, 0.15) is 5.84 Å². The van der Waals surface area contributed by atoms with E-state index < -0.39 is 0 Å². The number of rotatable bonds is 8. The lowest BCUT2D eigenvalue weighted by molar-refractivity contribution is 0.338. The van der Waals surface area contributed by atoms with E-state index in [1.807, 2.05) is 18.2 Å². The van der Waals surface area contributed by atoms with Crippen LogP contribution in [0.3, 0.4) is 0 Å². The molecule has 1 aliphatic rings. The molecule has 5 nitrogen and oxygen atoms in total. The summed E-state index contributed by atoms with van der Waals surface area (Å²) in [6.07, 6.45) is 2.64. The van der Waals surface area contributed by atoms with E-state index in [-0.39, 0.29) is 11.9 Å². The predicted molar refractivity (Wildman–Crippen MR) is 105 cm³/mol.